The molecular formula is C28H33N3O3S. The topological polar surface area (TPSA) is 78.5 Å². The lowest BCUT2D eigenvalue weighted by Crippen LogP contribution is -2.33. The van der Waals surface area contributed by atoms with Crippen molar-refractivity contribution in [3.8, 4) is 0 Å². The summed E-state index contributed by atoms with van der Waals surface area (Å²) in [6.07, 6.45) is 2.54. The van der Waals surface area contributed by atoms with Gasteiger partial charge in [-0.2, -0.15) is 0 Å². The van der Waals surface area contributed by atoms with E-state index < -0.39 is 10.0 Å². The number of sulfonamides is 1. The van der Waals surface area contributed by atoms with Gasteiger partial charge in [0.05, 0.1) is 10.6 Å². The van der Waals surface area contributed by atoms with Crippen LogP contribution in [-0.2, 0) is 16.6 Å². The molecule has 2 N–H and O–H groups in total. The minimum atomic E-state index is -3.74. The first-order valence-corrected chi connectivity index (χ1v) is 13.5. The number of para-hydroxylation sites is 1. The average Bonchev–Trinajstić information content (AvgIpc) is 2.82. The fourth-order valence-electron chi connectivity index (χ4n) is 4.54. The van der Waals surface area contributed by atoms with E-state index in [4.69, 9.17) is 0 Å². The number of anilines is 2. The van der Waals surface area contributed by atoms with Gasteiger partial charge in [-0.05, 0) is 92.2 Å². The van der Waals surface area contributed by atoms with E-state index in [1.165, 1.54) is 30.5 Å². The number of carbonyl (C=O) groups is 1. The van der Waals surface area contributed by atoms with Crippen molar-refractivity contribution in [2.24, 2.45) is 5.92 Å². The van der Waals surface area contributed by atoms with E-state index in [1.54, 1.807) is 12.1 Å². The van der Waals surface area contributed by atoms with Crippen molar-refractivity contribution in [1.82, 2.24) is 4.90 Å². The van der Waals surface area contributed by atoms with Crippen LogP contribution in [0.3, 0.4) is 0 Å². The fourth-order valence-corrected chi connectivity index (χ4v) is 5.74. The maximum absolute atomic E-state index is 12.9. The zero-order chi connectivity index (χ0) is 25.0. The van der Waals surface area contributed by atoms with Gasteiger partial charge in [0.15, 0.2) is 0 Å². The number of amides is 1. The molecule has 1 aliphatic heterocycles. The van der Waals surface area contributed by atoms with Crippen LogP contribution in [0.15, 0.2) is 71.6 Å². The molecule has 1 amide bonds. The second-order valence-corrected chi connectivity index (χ2v) is 11.2. The second kappa shape index (κ2) is 10.6. The van der Waals surface area contributed by atoms with E-state index in [2.05, 4.69) is 21.9 Å². The molecule has 184 valence electrons. The quantitative estimate of drug-likeness (QED) is 0.452. The maximum Gasteiger partial charge on any atom is 0.261 e. The maximum atomic E-state index is 12.9. The summed E-state index contributed by atoms with van der Waals surface area (Å²) < 4.78 is 28.4. The van der Waals surface area contributed by atoms with Gasteiger partial charge in [-0.3, -0.25) is 14.4 Å². The predicted molar refractivity (Wildman–Crippen MR) is 141 cm³/mol. The van der Waals surface area contributed by atoms with Gasteiger partial charge < -0.3 is 5.32 Å². The molecule has 1 unspecified atom stereocenters. The van der Waals surface area contributed by atoms with E-state index in [1.807, 2.05) is 56.3 Å². The average molecular weight is 492 g/mol. The van der Waals surface area contributed by atoms with Gasteiger partial charge in [0.1, 0.15) is 0 Å². The Morgan fingerprint density at radius 2 is 1.63 bits per heavy atom. The molecule has 0 bridgehead atoms. The molecule has 35 heavy (non-hydrogen) atoms. The Hall–Kier alpha value is -3.16. The van der Waals surface area contributed by atoms with E-state index in [0.717, 1.165) is 36.7 Å². The largest absolute Gasteiger partial charge is 0.322 e. The zero-order valence-corrected chi connectivity index (χ0v) is 21.4. The number of nitrogens with one attached hydrogen (secondary N) is 2. The number of hydrogen-bond acceptors (Lipinski definition) is 4. The summed E-state index contributed by atoms with van der Waals surface area (Å²) in [5.74, 6) is 0.505. The standard InChI is InChI=1S/C28H33N3O3S/c1-20-6-5-17-31(18-20)19-23-9-11-24(12-10-23)28(32)29-25-13-15-26(16-14-25)35(33,34)30-27-21(2)7-4-8-22(27)3/h4,7-16,20,30H,5-6,17-19H2,1-3H3,(H,29,32). The van der Waals surface area contributed by atoms with Crippen LogP contribution in [0.5, 0.6) is 0 Å². The number of piperidine rings is 1. The minimum Gasteiger partial charge on any atom is -0.322 e. The van der Waals surface area contributed by atoms with Gasteiger partial charge >= 0.3 is 0 Å². The Balaban J connectivity index is 1.38. The molecule has 0 saturated carbocycles. The van der Waals surface area contributed by atoms with Crippen LogP contribution in [-0.4, -0.2) is 32.3 Å². The van der Waals surface area contributed by atoms with Crippen molar-refractivity contribution >= 4 is 27.3 Å². The molecule has 1 saturated heterocycles. The number of aryl methyl sites for hydroxylation is 2. The smallest absolute Gasteiger partial charge is 0.261 e. The first-order valence-electron chi connectivity index (χ1n) is 12.0. The van der Waals surface area contributed by atoms with Crippen molar-refractivity contribution < 1.29 is 13.2 Å². The molecule has 7 heteroatoms. The lowest BCUT2D eigenvalue weighted by Gasteiger charge is -2.30. The highest BCUT2D eigenvalue weighted by Crippen LogP contribution is 2.24. The first-order chi connectivity index (χ1) is 16.7. The van der Waals surface area contributed by atoms with Crippen LogP contribution in [0.1, 0.15) is 46.8 Å². The van der Waals surface area contributed by atoms with Gasteiger partial charge in [-0.1, -0.05) is 37.3 Å². The number of carbonyl (C=O) groups excluding carboxylic acids is 1. The van der Waals surface area contributed by atoms with Crippen LogP contribution in [0.4, 0.5) is 11.4 Å². The Morgan fingerprint density at radius 3 is 2.26 bits per heavy atom. The summed E-state index contributed by atoms with van der Waals surface area (Å²) >= 11 is 0. The van der Waals surface area contributed by atoms with Crippen LogP contribution < -0.4 is 10.0 Å². The van der Waals surface area contributed by atoms with Crippen LogP contribution in [0.2, 0.25) is 0 Å². The highest BCUT2D eigenvalue weighted by molar-refractivity contribution is 7.92. The molecule has 3 aromatic carbocycles. The number of rotatable bonds is 7. The Labute approximate surface area is 208 Å². The molecule has 0 aliphatic carbocycles. The summed E-state index contributed by atoms with van der Waals surface area (Å²) in [5.41, 5.74) is 4.59. The lowest BCUT2D eigenvalue weighted by atomic mass is 9.99. The molecular weight excluding hydrogens is 458 g/mol. The molecule has 0 spiro atoms. The van der Waals surface area contributed by atoms with Gasteiger partial charge in [0.2, 0.25) is 0 Å². The van der Waals surface area contributed by atoms with Gasteiger partial charge in [0.25, 0.3) is 15.9 Å². The number of benzene rings is 3. The van der Waals surface area contributed by atoms with Gasteiger partial charge in [-0.25, -0.2) is 8.42 Å². The molecule has 6 nitrogen and oxygen atoms in total. The minimum absolute atomic E-state index is 0.134. The van der Waals surface area contributed by atoms with Crippen molar-refractivity contribution in [3.05, 3.63) is 89.0 Å². The summed E-state index contributed by atoms with van der Waals surface area (Å²) in [7, 11) is -3.74. The second-order valence-electron chi connectivity index (χ2n) is 9.53. The van der Waals surface area contributed by atoms with Gasteiger partial charge in [-0.15, -0.1) is 0 Å². The Kier molecular flexibility index (Phi) is 7.57. The van der Waals surface area contributed by atoms with Crippen molar-refractivity contribution in [3.63, 3.8) is 0 Å². The van der Waals surface area contributed by atoms with E-state index in [-0.39, 0.29) is 10.8 Å². The molecule has 1 fully saturated rings. The molecule has 1 atom stereocenters. The molecule has 0 radical (unpaired) electrons. The van der Waals surface area contributed by atoms with Crippen molar-refractivity contribution in [1.29, 1.82) is 0 Å². The van der Waals surface area contributed by atoms with Gasteiger partial charge in [0, 0.05) is 24.3 Å². The van der Waals surface area contributed by atoms with Crippen LogP contribution in [0.25, 0.3) is 0 Å². The third-order valence-corrected chi connectivity index (χ3v) is 7.87. The monoisotopic (exact) mass is 491 g/mol. The Bertz CT molecular complexity index is 1270. The highest BCUT2D eigenvalue weighted by Gasteiger charge is 2.18. The summed E-state index contributed by atoms with van der Waals surface area (Å²) in [6, 6.07) is 19.5. The van der Waals surface area contributed by atoms with E-state index >= 15 is 0 Å². The zero-order valence-electron chi connectivity index (χ0n) is 20.5. The van der Waals surface area contributed by atoms with E-state index in [9.17, 15) is 13.2 Å². The van der Waals surface area contributed by atoms with Crippen LogP contribution in [0, 0.1) is 19.8 Å². The normalized spacial score (nSPS) is 16.6. The lowest BCUT2D eigenvalue weighted by molar-refractivity contribution is 0.102. The SMILES string of the molecule is Cc1cccc(C)c1NS(=O)(=O)c1ccc(NC(=O)c2ccc(CN3CCCC(C)C3)cc2)cc1. The summed E-state index contributed by atoms with van der Waals surface area (Å²) in [6.45, 7) is 9.17. The third-order valence-electron chi connectivity index (χ3n) is 6.50. The van der Waals surface area contributed by atoms with Crippen molar-refractivity contribution in [2.45, 2.75) is 45.1 Å². The van der Waals surface area contributed by atoms with E-state index in [0.29, 0.717) is 16.9 Å². The molecule has 0 aromatic heterocycles. The Morgan fingerprint density at radius 1 is 0.971 bits per heavy atom. The number of hydrogen-bond donors (Lipinski definition) is 2. The van der Waals surface area contributed by atoms with Crippen LogP contribution >= 0.6 is 0 Å². The first kappa shape index (κ1) is 24.9. The van der Waals surface area contributed by atoms with Crippen molar-refractivity contribution in [2.75, 3.05) is 23.1 Å². The summed E-state index contributed by atoms with van der Waals surface area (Å²) in [4.78, 5) is 15.3. The molecule has 1 heterocycles. The number of nitrogens with zero attached hydrogens (tertiary/aromatic N) is 1. The predicted octanol–water partition coefficient (Wildman–Crippen LogP) is 5.59. The third kappa shape index (κ3) is 6.29. The molecule has 3 aromatic rings. The summed E-state index contributed by atoms with van der Waals surface area (Å²) in [5, 5.41) is 2.85. The number of likely N-dealkylation sites (tertiary alicyclic amines) is 1. The fraction of sp³-hybridized carbons (Fsp3) is 0.321. The molecule has 4 rings (SSSR count). The molecule has 1 aliphatic rings. The highest BCUT2D eigenvalue weighted by atomic mass is 32.2.